The van der Waals surface area contributed by atoms with Crippen LogP contribution in [0.2, 0.25) is 0 Å². The molecule has 0 aliphatic heterocycles. The molecule has 0 saturated carbocycles. The largest absolute Gasteiger partial charge is 0.328 e. The predicted molar refractivity (Wildman–Crippen MR) is 100 cm³/mol. The monoisotopic (exact) mass is 390 g/mol. The molecule has 0 atom stereocenters. The van der Waals surface area contributed by atoms with Crippen molar-refractivity contribution in [2.75, 3.05) is 12.0 Å². The molecule has 0 radical (unpaired) electrons. The fourth-order valence-electron chi connectivity index (χ4n) is 2.52. The molecule has 0 aliphatic rings. The summed E-state index contributed by atoms with van der Waals surface area (Å²) in [4.78, 5) is 7.40. The fraction of sp³-hybridized carbons (Fsp3) is 0.167. The molecule has 26 heavy (non-hydrogen) atoms. The highest BCUT2D eigenvalue weighted by molar-refractivity contribution is 7.91. The molecular formula is C18H18N2O4S2. The third-order valence-electron chi connectivity index (χ3n) is 3.98. The van der Waals surface area contributed by atoms with Crippen LogP contribution in [0.3, 0.4) is 0 Å². The number of hydrogen-bond donors (Lipinski definition) is 1. The molecule has 0 saturated heterocycles. The zero-order valence-electron chi connectivity index (χ0n) is 14.3. The van der Waals surface area contributed by atoms with Crippen LogP contribution in [0.1, 0.15) is 6.92 Å². The third-order valence-corrected chi connectivity index (χ3v) is 6.65. The summed E-state index contributed by atoms with van der Waals surface area (Å²) in [5, 5.41) is -0.0963. The summed E-state index contributed by atoms with van der Waals surface area (Å²) in [6.45, 7) is 1.56. The maximum Gasteiger partial charge on any atom is 0.226 e. The van der Waals surface area contributed by atoms with Crippen molar-refractivity contribution in [3.63, 3.8) is 0 Å². The van der Waals surface area contributed by atoms with E-state index in [0.29, 0.717) is 17.0 Å². The van der Waals surface area contributed by atoms with Gasteiger partial charge >= 0.3 is 0 Å². The molecule has 0 bridgehead atoms. The number of imidazole rings is 1. The Morgan fingerprint density at radius 2 is 1.50 bits per heavy atom. The summed E-state index contributed by atoms with van der Waals surface area (Å²) in [7, 11) is -6.82. The number of nitrogens with zero attached hydrogens (tertiary/aromatic N) is 1. The van der Waals surface area contributed by atoms with Gasteiger partial charge in [0, 0.05) is 17.4 Å². The second kappa shape index (κ2) is 6.69. The molecule has 0 fully saturated rings. The van der Waals surface area contributed by atoms with Crippen molar-refractivity contribution in [3.05, 3.63) is 54.6 Å². The molecule has 1 N–H and O–H groups in total. The van der Waals surface area contributed by atoms with Crippen LogP contribution in [0.25, 0.3) is 22.5 Å². The molecule has 3 aromatic rings. The number of aromatic amines is 1. The quantitative estimate of drug-likeness (QED) is 0.722. The van der Waals surface area contributed by atoms with Crippen LogP contribution in [0.5, 0.6) is 0 Å². The van der Waals surface area contributed by atoms with E-state index in [-0.39, 0.29) is 15.8 Å². The number of hydrogen-bond acceptors (Lipinski definition) is 5. The lowest BCUT2D eigenvalue weighted by atomic mass is 10.1. The van der Waals surface area contributed by atoms with Gasteiger partial charge in [-0.05, 0) is 12.1 Å². The van der Waals surface area contributed by atoms with Gasteiger partial charge in [0.15, 0.2) is 9.84 Å². The second-order valence-corrected chi connectivity index (χ2v) is 10.0. The molecule has 0 aliphatic carbocycles. The smallest absolute Gasteiger partial charge is 0.226 e. The van der Waals surface area contributed by atoms with E-state index in [0.717, 1.165) is 11.8 Å². The summed E-state index contributed by atoms with van der Waals surface area (Å²) in [6.07, 6.45) is 1.14. The van der Waals surface area contributed by atoms with Crippen molar-refractivity contribution in [2.45, 2.75) is 17.0 Å². The summed E-state index contributed by atoms with van der Waals surface area (Å²) >= 11 is 0. The van der Waals surface area contributed by atoms with Crippen molar-refractivity contribution in [3.8, 4) is 22.5 Å². The average Bonchev–Trinajstić information content (AvgIpc) is 3.08. The van der Waals surface area contributed by atoms with E-state index in [1.807, 2.05) is 30.3 Å². The number of benzene rings is 2. The van der Waals surface area contributed by atoms with Gasteiger partial charge in [0.2, 0.25) is 15.0 Å². The van der Waals surface area contributed by atoms with Crippen LogP contribution in [-0.4, -0.2) is 38.8 Å². The zero-order chi connectivity index (χ0) is 18.9. The fourth-order valence-corrected chi connectivity index (χ4v) is 3.91. The van der Waals surface area contributed by atoms with Crippen LogP contribution in [0.15, 0.2) is 64.6 Å². The Morgan fingerprint density at radius 1 is 0.885 bits per heavy atom. The van der Waals surface area contributed by atoms with Crippen molar-refractivity contribution in [1.82, 2.24) is 9.97 Å². The van der Waals surface area contributed by atoms with Crippen molar-refractivity contribution >= 4 is 19.7 Å². The Bertz CT molecular complexity index is 1130. The SMILES string of the molecule is CCS(=O)(=O)c1nc(-c2ccccc2)c(-c2ccc(S(C)(=O)=O)cc2)[nH]1. The highest BCUT2D eigenvalue weighted by atomic mass is 32.2. The second-order valence-electron chi connectivity index (χ2n) is 5.83. The maximum atomic E-state index is 12.2. The van der Waals surface area contributed by atoms with Gasteiger partial charge in [-0.25, -0.2) is 21.8 Å². The minimum atomic E-state index is -3.51. The van der Waals surface area contributed by atoms with Crippen molar-refractivity contribution in [1.29, 1.82) is 0 Å². The Kier molecular flexibility index (Phi) is 4.72. The molecule has 2 aromatic carbocycles. The minimum Gasteiger partial charge on any atom is -0.328 e. The van der Waals surface area contributed by atoms with Gasteiger partial charge in [0.05, 0.1) is 22.0 Å². The molecular weight excluding hydrogens is 372 g/mol. The van der Waals surface area contributed by atoms with Crippen LogP contribution in [-0.2, 0) is 19.7 Å². The summed E-state index contributed by atoms with van der Waals surface area (Å²) in [5.74, 6) is -0.0683. The Morgan fingerprint density at radius 3 is 2.04 bits per heavy atom. The third kappa shape index (κ3) is 3.56. The van der Waals surface area contributed by atoms with Crippen molar-refractivity contribution < 1.29 is 16.8 Å². The molecule has 136 valence electrons. The van der Waals surface area contributed by atoms with E-state index in [1.165, 1.54) is 12.1 Å². The van der Waals surface area contributed by atoms with Gasteiger partial charge < -0.3 is 4.98 Å². The van der Waals surface area contributed by atoms with Gasteiger partial charge in [0.25, 0.3) is 0 Å². The first-order valence-electron chi connectivity index (χ1n) is 7.91. The first-order chi connectivity index (χ1) is 12.2. The van der Waals surface area contributed by atoms with Crippen LogP contribution < -0.4 is 0 Å². The maximum absolute atomic E-state index is 12.2. The zero-order valence-corrected chi connectivity index (χ0v) is 15.9. The van der Waals surface area contributed by atoms with E-state index in [1.54, 1.807) is 19.1 Å². The van der Waals surface area contributed by atoms with Gasteiger partial charge in [-0.2, -0.15) is 0 Å². The lowest BCUT2D eigenvalue weighted by Crippen LogP contribution is -2.05. The lowest BCUT2D eigenvalue weighted by molar-refractivity contribution is 0.590. The molecule has 3 rings (SSSR count). The number of rotatable bonds is 5. The first kappa shape index (κ1) is 18.3. The molecule has 1 heterocycles. The van der Waals surface area contributed by atoms with Gasteiger partial charge in [0.1, 0.15) is 0 Å². The predicted octanol–water partition coefficient (Wildman–Crippen LogP) is 2.94. The van der Waals surface area contributed by atoms with E-state index in [9.17, 15) is 16.8 Å². The molecule has 8 heteroatoms. The van der Waals surface area contributed by atoms with E-state index >= 15 is 0 Å². The minimum absolute atomic E-state index is 0.0683. The van der Waals surface area contributed by atoms with Crippen LogP contribution in [0.4, 0.5) is 0 Å². The first-order valence-corrected chi connectivity index (χ1v) is 11.5. The normalized spacial score (nSPS) is 12.2. The molecule has 6 nitrogen and oxygen atoms in total. The highest BCUT2D eigenvalue weighted by Crippen LogP contribution is 2.32. The van der Waals surface area contributed by atoms with E-state index in [4.69, 9.17) is 0 Å². The molecule has 1 aromatic heterocycles. The average molecular weight is 390 g/mol. The van der Waals surface area contributed by atoms with E-state index < -0.39 is 19.7 Å². The number of aromatic nitrogens is 2. The number of H-pyrrole nitrogens is 1. The summed E-state index contributed by atoms with van der Waals surface area (Å²) < 4.78 is 47.8. The van der Waals surface area contributed by atoms with Crippen molar-refractivity contribution in [2.24, 2.45) is 0 Å². The Hall–Kier alpha value is -2.45. The lowest BCUT2D eigenvalue weighted by Gasteiger charge is -2.04. The topological polar surface area (TPSA) is 97.0 Å². The number of sulfone groups is 2. The molecule has 0 unspecified atom stereocenters. The Balaban J connectivity index is 2.20. The van der Waals surface area contributed by atoms with Gasteiger partial charge in [-0.3, -0.25) is 0 Å². The molecule has 0 spiro atoms. The Labute approximate surface area is 152 Å². The summed E-state index contributed by atoms with van der Waals surface area (Å²) in [6, 6.07) is 15.5. The van der Waals surface area contributed by atoms with Crippen LogP contribution >= 0.6 is 0 Å². The van der Waals surface area contributed by atoms with E-state index in [2.05, 4.69) is 9.97 Å². The van der Waals surface area contributed by atoms with Crippen LogP contribution in [0, 0.1) is 0 Å². The molecule has 0 amide bonds. The number of nitrogens with one attached hydrogen (secondary N) is 1. The van der Waals surface area contributed by atoms with Gasteiger partial charge in [-0.1, -0.05) is 49.4 Å². The van der Waals surface area contributed by atoms with Gasteiger partial charge in [-0.15, -0.1) is 0 Å². The standard InChI is InChI=1S/C18H18N2O4S2/c1-3-26(23,24)18-19-16(13-7-5-4-6-8-13)17(20-18)14-9-11-15(12-10-14)25(2,21)22/h4-12H,3H2,1-2H3,(H,19,20). The summed E-state index contributed by atoms with van der Waals surface area (Å²) in [5.41, 5.74) is 2.46. The highest BCUT2D eigenvalue weighted by Gasteiger charge is 2.22.